The topological polar surface area (TPSA) is 95.2 Å². The quantitative estimate of drug-likeness (QED) is 0.693. The van der Waals surface area contributed by atoms with E-state index in [0.29, 0.717) is 22.6 Å². The van der Waals surface area contributed by atoms with Crippen molar-refractivity contribution in [2.24, 2.45) is 0 Å². The molecule has 2 heterocycles. The van der Waals surface area contributed by atoms with Gasteiger partial charge in [0.15, 0.2) is 5.82 Å². The van der Waals surface area contributed by atoms with Crippen LogP contribution in [-0.2, 0) is 28.9 Å². The predicted molar refractivity (Wildman–Crippen MR) is 106 cm³/mol. The molecule has 0 radical (unpaired) electrons. The molecule has 0 aliphatic carbocycles. The molecule has 2 N–H and O–H groups in total. The van der Waals surface area contributed by atoms with Gasteiger partial charge in [-0.25, -0.2) is 8.42 Å². The number of rotatable bonds is 5. The first kappa shape index (κ1) is 18.4. The number of aromatic amines is 1. The van der Waals surface area contributed by atoms with E-state index < -0.39 is 10.0 Å². The molecule has 144 valence electrons. The number of aryl methyl sites for hydroxylation is 1. The molecule has 0 saturated heterocycles. The number of hydrogen-bond acceptors (Lipinski definition) is 4. The van der Waals surface area contributed by atoms with Gasteiger partial charge in [0.2, 0.25) is 10.0 Å². The summed E-state index contributed by atoms with van der Waals surface area (Å²) in [6.07, 6.45) is 0. The van der Waals surface area contributed by atoms with Gasteiger partial charge in [-0.2, -0.15) is 9.40 Å². The summed E-state index contributed by atoms with van der Waals surface area (Å²) in [5.74, 6) is 0.0363. The van der Waals surface area contributed by atoms with Crippen LogP contribution in [0.15, 0.2) is 54.6 Å². The number of benzene rings is 2. The zero-order valence-electron chi connectivity index (χ0n) is 15.3. The Morgan fingerprint density at radius 2 is 1.82 bits per heavy atom. The van der Waals surface area contributed by atoms with Crippen molar-refractivity contribution in [3.8, 4) is 0 Å². The maximum absolute atomic E-state index is 12.8. The Bertz CT molecular complexity index is 1110. The maximum atomic E-state index is 12.8. The second-order valence-corrected chi connectivity index (χ2v) is 8.83. The van der Waals surface area contributed by atoms with Gasteiger partial charge in [-0.15, -0.1) is 0 Å². The van der Waals surface area contributed by atoms with Crippen LogP contribution in [-0.4, -0.2) is 28.8 Å². The highest BCUT2D eigenvalue weighted by Gasteiger charge is 2.33. The summed E-state index contributed by atoms with van der Waals surface area (Å²) >= 11 is 0. The molecule has 0 unspecified atom stereocenters. The molecule has 0 fully saturated rings. The second kappa shape index (κ2) is 7.21. The Morgan fingerprint density at radius 1 is 1.11 bits per heavy atom. The number of H-pyrrole nitrogens is 1. The van der Waals surface area contributed by atoms with Gasteiger partial charge in [-0.3, -0.25) is 9.89 Å². The molecule has 3 aromatic rings. The van der Waals surface area contributed by atoms with Crippen molar-refractivity contribution in [1.82, 2.24) is 14.5 Å². The van der Waals surface area contributed by atoms with Gasteiger partial charge in [0.1, 0.15) is 0 Å². The van der Waals surface area contributed by atoms with Crippen LogP contribution in [0.4, 0.5) is 5.82 Å². The number of nitrogens with one attached hydrogen (secondary N) is 2. The number of hydrogen-bond donors (Lipinski definition) is 2. The fourth-order valence-corrected chi connectivity index (χ4v) is 4.62. The van der Waals surface area contributed by atoms with Crippen molar-refractivity contribution in [2.45, 2.75) is 25.8 Å². The van der Waals surface area contributed by atoms with Crippen LogP contribution in [0.25, 0.3) is 0 Å². The number of fused-ring (bicyclic) bond motifs is 1. The van der Waals surface area contributed by atoms with E-state index >= 15 is 0 Å². The third-order valence-corrected chi connectivity index (χ3v) is 6.50. The van der Waals surface area contributed by atoms with Gasteiger partial charge in [0.05, 0.1) is 18.0 Å². The van der Waals surface area contributed by atoms with Crippen LogP contribution in [0, 0.1) is 6.92 Å². The lowest BCUT2D eigenvalue weighted by atomic mass is 10.1. The molecule has 4 rings (SSSR count). The molecule has 1 aliphatic heterocycles. The van der Waals surface area contributed by atoms with Gasteiger partial charge in [0, 0.05) is 17.7 Å². The summed E-state index contributed by atoms with van der Waals surface area (Å²) in [5, 5.41) is 9.77. The monoisotopic (exact) mass is 396 g/mol. The summed E-state index contributed by atoms with van der Waals surface area (Å²) in [6, 6.07) is 16.3. The molecule has 0 bridgehead atoms. The second-order valence-electron chi connectivity index (χ2n) is 6.86. The lowest BCUT2D eigenvalue weighted by Gasteiger charge is -2.16. The molecule has 1 aliphatic rings. The number of sulfonamides is 1. The maximum Gasteiger partial charge on any atom is 0.256 e. The first-order chi connectivity index (χ1) is 13.4. The molecule has 0 atom stereocenters. The zero-order valence-corrected chi connectivity index (χ0v) is 16.2. The number of carbonyl (C=O) groups is 1. The smallest absolute Gasteiger partial charge is 0.256 e. The van der Waals surface area contributed by atoms with E-state index in [4.69, 9.17) is 0 Å². The minimum atomic E-state index is -3.48. The van der Waals surface area contributed by atoms with E-state index in [0.717, 1.165) is 11.1 Å². The molecular formula is C20H20N4O3S. The van der Waals surface area contributed by atoms with Gasteiger partial charge in [-0.05, 0) is 24.6 Å². The van der Waals surface area contributed by atoms with Crippen LogP contribution in [0.2, 0.25) is 0 Å². The van der Waals surface area contributed by atoms with E-state index in [2.05, 4.69) is 15.5 Å². The number of aromatic nitrogens is 2. The first-order valence-corrected chi connectivity index (χ1v) is 10.5. The molecule has 28 heavy (non-hydrogen) atoms. The molecule has 8 heteroatoms. The largest absolute Gasteiger partial charge is 0.305 e. The van der Waals surface area contributed by atoms with E-state index in [-0.39, 0.29) is 24.7 Å². The Balaban J connectivity index is 1.48. The highest BCUT2D eigenvalue weighted by atomic mass is 32.2. The number of anilines is 1. The van der Waals surface area contributed by atoms with Gasteiger partial charge >= 0.3 is 0 Å². The Hall–Kier alpha value is -2.97. The number of carbonyl (C=O) groups excluding carboxylic acids is 1. The molecule has 2 aromatic carbocycles. The van der Waals surface area contributed by atoms with Gasteiger partial charge < -0.3 is 5.32 Å². The number of nitrogens with zero attached hydrogens (tertiary/aromatic N) is 2. The van der Waals surface area contributed by atoms with Crippen LogP contribution < -0.4 is 5.32 Å². The number of amides is 1. The van der Waals surface area contributed by atoms with Crippen molar-refractivity contribution < 1.29 is 13.2 Å². The highest BCUT2D eigenvalue weighted by Crippen LogP contribution is 2.30. The van der Waals surface area contributed by atoms with Crippen LogP contribution in [0.3, 0.4) is 0 Å². The average molecular weight is 396 g/mol. The Morgan fingerprint density at radius 3 is 2.54 bits per heavy atom. The van der Waals surface area contributed by atoms with Crippen molar-refractivity contribution in [3.05, 3.63) is 82.5 Å². The summed E-state index contributed by atoms with van der Waals surface area (Å²) in [4.78, 5) is 12.4. The van der Waals surface area contributed by atoms with Gasteiger partial charge in [-0.1, -0.05) is 48.0 Å². The summed E-state index contributed by atoms with van der Waals surface area (Å²) in [6.45, 7) is 2.36. The van der Waals surface area contributed by atoms with Crippen LogP contribution in [0.1, 0.15) is 32.7 Å². The standard InChI is InChI=1S/C20H20N4O3S/c1-14-7-9-16(10-8-14)20(25)21-19-17-11-24(12-18(17)22-23-19)28(26,27)13-15-5-3-2-4-6-15/h2-10H,11-13H2,1H3,(H2,21,22,23,25). The van der Waals surface area contributed by atoms with Crippen molar-refractivity contribution in [1.29, 1.82) is 0 Å². The minimum absolute atomic E-state index is 0.0589. The van der Waals surface area contributed by atoms with Crippen LogP contribution >= 0.6 is 0 Å². The highest BCUT2D eigenvalue weighted by molar-refractivity contribution is 7.88. The molecule has 1 amide bonds. The third kappa shape index (κ3) is 3.69. The van der Waals surface area contributed by atoms with Crippen LogP contribution in [0.5, 0.6) is 0 Å². The Kier molecular flexibility index (Phi) is 4.74. The van der Waals surface area contributed by atoms with Crippen molar-refractivity contribution in [3.63, 3.8) is 0 Å². The lowest BCUT2D eigenvalue weighted by Crippen LogP contribution is -2.27. The summed E-state index contributed by atoms with van der Waals surface area (Å²) in [5.41, 5.74) is 3.74. The van der Waals surface area contributed by atoms with E-state index in [1.165, 1.54) is 4.31 Å². The SMILES string of the molecule is Cc1ccc(C(=O)Nc2n[nH]c3c2CN(S(=O)(=O)Cc2ccccc2)C3)cc1. The average Bonchev–Trinajstić information content (AvgIpc) is 3.25. The molecule has 0 spiro atoms. The normalized spacial score (nSPS) is 14.0. The van der Waals surface area contributed by atoms with E-state index in [1.807, 2.05) is 37.3 Å². The Labute approximate surface area is 163 Å². The fourth-order valence-electron chi connectivity index (χ4n) is 3.17. The fraction of sp³-hybridized carbons (Fsp3) is 0.200. The van der Waals surface area contributed by atoms with E-state index in [9.17, 15) is 13.2 Å². The first-order valence-electron chi connectivity index (χ1n) is 8.88. The molecular weight excluding hydrogens is 376 g/mol. The lowest BCUT2D eigenvalue weighted by molar-refractivity contribution is 0.102. The van der Waals surface area contributed by atoms with Crippen molar-refractivity contribution in [2.75, 3.05) is 5.32 Å². The van der Waals surface area contributed by atoms with Crippen molar-refractivity contribution >= 4 is 21.7 Å². The zero-order chi connectivity index (χ0) is 19.7. The minimum Gasteiger partial charge on any atom is -0.305 e. The van der Waals surface area contributed by atoms with E-state index in [1.54, 1.807) is 24.3 Å². The molecule has 1 aromatic heterocycles. The van der Waals surface area contributed by atoms with Gasteiger partial charge in [0.25, 0.3) is 5.91 Å². The molecule has 0 saturated carbocycles. The summed E-state index contributed by atoms with van der Waals surface area (Å²) in [7, 11) is -3.48. The predicted octanol–water partition coefficient (Wildman–Crippen LogP) is 2.82. The third-order valence-electron chi connectivity index (χ3n) is 4.75. The summed E-state index contributed by atoms with van der Waals surface area (Å²) < 4.78 is 26.9. The molecule has 7 nitrogen and oxygen atoms in total.